The van der Waals surface area contributed by atoms with Crippen molar-refractivity contribution >= 4 is 21.4 Å². The zero-order valence-electron chi connectivity index (χ0n) is 13.6. The molecule has 1 heterocycles. The molecule has 2 aromatic rings. The van der Waals surface area contributed by atoms with Crippen LogP contribution in [0.5, 0.6) is 0 Å². The standard InChI is InChI=1S/C18H19ClFNO3S/c19-16-12-14(6-7-17(16)20)18-13-21(8-10-24-18)9-11-25(22,23)15-4-2-1-3-5-15/h1-7,12,18H,8-11,13H2. The van der Waals surface area contributed by atoms with Crippen molar-refractivity contribution in [3.8, 4) is 0 Å². The molecular formula is C18H19ClFNO3S. The Labute approximate surface area is 152 Å². The van der Waals surface area contributed by atoms with E-state index in [1.807, 2.05) is 4.90 Å². The summed E-state index contributed by atoms with van der Waals surface area (Å²) in [6, 6.07) is 13.0. The monoisotopic (exact) mass is 383 g/mol. The van der Waals surface area contributed by atoms with E-state index in [2.05, 4.69) is 0 Å². The van der Waals surface area contributed by atoms with Crippen LogP contribution in [0.15, 0.2) is 53.4 Å². The van der Waals surface area contributed by atoms with E-state index in [1.165, 1.54) is 6.07 Å². The van der Waals surface area contributed by atoms with Crippen LogP contribution in [-0.4, -0.2) is 45.3 Å². The molecule has 25 heavy (non-hydrogen) atoms. The van der Waals surface area contributed by atoms with Crippen LogP contribution in [0.25, 0.3) is 0 Å². The molecule has 4 nitrogen and oxygen atoms in total. The van der Waals surface area contributed by atoms with Gasteiger partial charge in [0.15, 0.2) is 9.84 Å². The van der Waals surface area contributed by atoms with Gasteiger partial charge in [-0.15, -0.1) is 0 Å². The molecule has 0 N–H and O–H groups in total. The maximum atomic E-state index is 13.3. The molecule has 0 saturated carbocycles. The fourth-order valence-electron chi connectivity index (χ4n) is 2.81. The van der Waals surface area contributed by atoms with E-state index in [-0.39, 0.29) is 16.9 Å². The molecule has 2 aromatic carbocycles. The number of nitrogens with zero attached hydrogens (tertiary/aromatic N) is 1. The fourth-order valence-corrected chi connectivity index (χ4v) is 4.31. The number of sulfone groups is 1. The van der Waals surface area contributed by atoms with Crippen LogP contribution >= 0.6 is 11.6 Å². The lowest BCUT2D eigenvalue weighted by molar-refractivity contribution is -0.0279. The van der Waals surface area contributed by atoms with Crippen LogP contribution in [0.1, 0.15) is 11.7 Å². The van der Waals surface area contributed by atoms with Crippen molar-refractivity contribution in [2.24, 2.45) is 0 Å². The summed E-state index contributed by atoms with van der Waals surface area (Å²) in [5.41, 5.74) is 0.794. The molecule has 134 valence electrons. The first-order valence-corrected chi connectivity index (χ1v) is 10.1. The van der Waals surface area contributed by atoms with Gasteiger partial charge in [-0.2, -0.15) is 0 Å². The number of ether oxygens (including phenoxy) is 1. The Morgan fingerprint density at radius 3 is 2.68 bits per heavy atom. The molecule has 7 heteroatoms. The van der Waals surface area contributed by atoms with E-state index in [1.54, 1.807) is 42.5 Å². The van der Waals surface area contributed by atoms with Gasteiger partial charge >= 0.3 is 0 Å². The third-order valence-electron chi connectivity index (χ3n) is 4.24. The number of hydrogen-bond donors (Lipinski definition) is 0. The van der Waals surface area contributed by atoms with Gasteiger partial charge in [0.05, 0.1) is 28.4 Å². The number of rotatable bonds is 5. The molecular weight excluding hydrogens is 365 g/mol. The summed E-state index contributed by atoms with van der Waals surface area (Å²) in [4.78, 5) is 2.39. The molecule has 0 radical (unpaired) electrons. The molecule has 1 aliphatic heterocycles. The highest BCUT2D eigenvalue weighted by Crippen LogP contribution is 2.26. The van der Waals surface area contributed by atoms with Crippen molar-refractivity contribution in [1.29, 1.82) is 0 Å². The van der Waals surface area contributed by atoms with Crippen molar-refractivity contribution in [1.82, 2.24) is 4.90 Å². The summed E-state index contributed by atoms with van der Waals surface area (Å²) in [7, 11) is -3.31. The van der Waals surface area contributed by atoms with E-state index in [0.717, 1.165) is 5.56 Å². The zero-order chi connectivity index (χ0) is 17.9. The average Bonchev–Trinajstić information content (AvgIpc) is 2.63. The molecule has 1 aliphatic rings. The second-order valence-corrected chi connectivity index (χ2v) is 8.48. The molecule has 1 saturated heterocycles. The molecule has 1 unspecified atom stereocenters. The first-order valence-electron chi connectivity index (χ1n) is 8.02. The minimum atomic E-state index is -3.31. The molecule has 1 fully saturated rings. The minimum absolute atomic E-state index is 0.0495. The van der Waals surface area contributed by atoms with Crippen molar-refractivity contribution in [3.05, 3.63) is 64.9 Å². The Kier molecular flexibility index (Phi) is 5.74. The van der Waals surface area contributed by atoms with Gasteiger partial charge in [0.1, 0.15) is 5.82 Å². The quantitative estimate of drug-likeness (QED) is 0.794. The maximum absolute atomic E-state index is 13.3. The lowest BCUT2D eigenvalue weighted by Crippen LogP contribution is -2.40. The normalized spacial score (nSPS) is 19.0. The lowest BCUT2D eigenvalue weighted by atomic mass is 10.1. The third-order valence-corrected chi connectivity index (χ3v) is 6.24. The van der Waals surface area contributed by atoms with Gasteiger partial charge in [0.25, 0.3) is 0 Å². The van der Waals surface area contributed by atoms with E-state index in [4.69, 9.17) is 16.3 Å². The molecule has 0 aromatic heterocycles. The van der Waals surface area contributed by atoms with Crippen LogP contribution in [0.4, 0.5) is 4.39 Å². The maximum Gasteiger partial charge on any atom is 0.179 e. The molecule has 0 amide bonds. The van der Waals surface area contributed by atoms with E-state index >= 15 is 0 Å². The number of morpholine rings is 1. The second kappa shape index (κ2) is 7.83. The Morgan fingerprint density at radius 1 is 1.20 bits per heavy atom. The van der Waals surface area contributed by atoms with Gasteiger partial charge in [0, 0.05) is 19.6 Å². The van der Waals surface area contributed by atoms with Crippen molar-refractivity contribution < 1.29 is 17.5 Å². The predicted octanol–water partition coefficient (Wildman–Crippen LogP) is 3.33. The number of halogens is 2. The first-order chi connectivity index (χ1) is 12.0. The summed E-state index contributed by atoms with van der Waals surface area (Å²) in [5.74, 6) is -0.416. The van der Waals surface area contributed by atoms with E-state index < -0.39 is 15.7 Å². The Balaban J connectivity index is 1.63. The fraction of sp³-hybridized carbons (Fsp3) is 0.333. The highest BCUT2D eigenvalue weighted by molar-refractivity contribution is 7.91. The molecule has 0 aliphatic carbocycles. The first kappa shape index (κ1) is 18.3. The Morgan fingerprint density at radius 2 is 1.96 bits per heavy atom. The van der Waals surface area contributed by atoms with Gasteiger partial charge in [-0.25, -0.2) is 12.8 Å². The van der Waals surface area contributed by atoms with Crippen molar-refractivity contribution in [3.63, 3.8) is 0 Å². The van der Waals surface area contributed by atoms with E-state index in [0.29, 0.717) is 31.1 Å². The predicted molar refractivity (Wildman–Crippen MR) is 95.0 cm³/mol. The minimum Gasteiger partial charge on any atom is -0.371 e. The van der Waals surface area contributed by atoms with Crippen molar-refractivity contribution in [2.75, 3.05) is 32.0 Å². The molecule has 3 rings (SSSR count). The van der Waals surface area contributed by atoms with Gasteiger partial charge < -0.3 is 4.74 Å². The summed E-state index contributed by atoms with van der Waals surface area (Å²) in [6.45, 7) is 2.12. The van der Waals surface area contributed by atoms with Gasteiger partial charge in [-0.05, 0) is 29.8 Å². The molecule has 1 atom stereocenters. The highest BCUT2D eigenvalue weighted by atomic mass is 35.5. The van der Waals surface area contributed by atoms with Crippen molar-refractivity contribution in [2.45, 2.75) is 11.0 Å². The van der Waals surface area contributed by atoms with Gasteiger partial charge in [0.2, 0.25) is 0 Å². The summed E-state index contributed by atoms with van der Waals surface area (Å²) in [6.07, 6.45) is -0.244. The zero-order valence-corrected chi connectivity index (χ0v) is 15.1. The second-order valence-electron chi connectivity index (χ2n) is 5.97. The largest absolute Gasteiger partial charge is 0.371 e. The third kappa shape index (κ3) is 4.58. The highest BCUT2D eigenvalue weighted by Gasteiger charge is 2.24. The number of benzene rings is 2. The van der Waals surface area contributed by atoms with Gasteiger partial charge in [-0.1, -0.05) is 35.9 Å². The smallest absolute Gasteiger partial charge is 0.179 e. The Bertz CT molecular complexity index is 829. The summed E-state index contributed by atoms with van der Waals surface area (Å²) >= 11 is 5.83. The number of hydrogen-bond acceptors (Lipinski definition) is 4. The van der Waals surface area contributed by atoms with Crippen LogP contribution in [0, 0.1) is 5.82 Å². The average molecular weight is 384 g/mol. The SMILES string of the molecule is O=S(=O)(CCN1CCOC(c2ccc(F)c(Cl)c2)C1)c1ccccc1. The van der Waals surface area contributed by atoms with Gasteiger partial charge in [-0.3, -0.25) is 4.90 Å². The van der Waals surface area contributed by atoms with Crippen LogP contribution in [0.3, 0.4) is 0 Å². The topological polar surface area (TPSA) is 46.6 Å². The Hall–Kier alpha value is -1.47. The van der Waals surface area contributed by atoms with Crippen LogP contribution in [0.2, 0.25) is 5.02 Å². The van der Waals surface area contributed by atoms with E-state index in [9.17, 15) is 12.8 Å². The van der Waals surface area contributed by atoms with Crippen LogP contribution in [-0.2, 0) is 14.6 Å². The van der Waals surface area contributed by atoms with Crippen LogP contribution < -0.4 is 0 Å². The molecule has 0 bridgehead atoms. The summed E-state index contributed by atoms with van der Waals surface area (Å²) < 4.78 is 43.8. The lowest BCUT2D eigenvalue weighted by Gasteiger charge is -2.33. The summed E-state index contributed by atoms with van der Waals surface area (Å²) in [5, 5.41) is 0.0601. The molecule has 0 spiro atoms.